The molecule has 3 rings (SSSR count). The fraction of sp³-hybridized carbons (Fsp3) is 0.286. The summed E-state index contributed by atoms with van der Waals surface area (Å²) in [6, 6.07) is 21.5. The third kappa shape index (κ3) is 11.6. The fourth-order valence-electron chi connectivity index (χ4n) is 4.17. The third-order valence-electron chi connectivity index (χ3n) is 6.14. The lowest BCUT2D eigenvalue weighted by Crippen LogP contribution is -2.26. The molecule has 2 aromatic carbocycles. The number of rotatable bonds is 14. The van der Waals surface area contributed by atoms with E-state index in [9.17, 15) is 0 Å². The Bertz CT molecular complexity index is 1190. The van der Waals surface area contributed by atoms with Gasteiger partial charge in [0.15, 0.2) is 0 Å². The molecule has 3 aromatic rings. The van der Waals surface area contributed by atoms with Crippen molar-refractivity contribution in [2.45, 2.75) is 46.1 Å². The van der Waals surface area contributed by atoms with Crippen LogP contribution in [0.1, 0.15) is 55.8 Å². The molecule has 3 N–H and O–H groups in total. The van der Waals surface area contributed by atoms with E-state index in [1.165, 1.54) is 27.8 Å². The zero-order valence-corrected chi connectivity index (χ0v) is 24.3. The number of hydrogen-bond acceptors (Lipinski definition) is 4. The summed E-state index contributed by atoms with van der Waals surface area (Å²) in [4.78, 5) is 4.14. The van der Waals surface area contributed by atoms with E-state index in [1.807, 2.05) is 38.2 Å². The van der Waals surface area contributed by atoms with Crippen LogP contribution in [0.3, 0.4) is 0 Å². The maximum atomic E-state index is 4.14. The van der Waals surface area contributed by atoms with Crippen LogP contribution < -0.4 is 16.0 Å². The van der Waals surface area contributed by atoms with Crippen molar-refractivity contribution in [3.05, 3.63) is 127 Å². The number of aryl methyl sites for hydroxylation is 1. The number of pyridine rings is 1. The molecule has 206 valence electrons. The Labute approximate surface area is 236 Å². The van der Waals surface area contributed by atoms with Crippen LogP contribution in [0, 0.1) is 6.92 Å². The smallest absolute Gasteiger partial charge is 0.125 e. The van der Waals surface area contributed by atoms with Crippen LogP contribution in [0.2, 0.25) is 0 Å². The number of likely N-dealkylation sites (N-methyl/N-ethyl adjacent to an activating group) is 1. The van der Waals surface area contributed by atoms with Gasteiger partial charge in [0.05, 0.1) is 6.04 Å². The standard InChI is InChI=1S/C25H32N2.C10H14N2/c1-7-8-21-9-14-24(16-19(21)4)22-10-12-23(13-11-22)25(15-18(2)3)27-20(5)17-26-6;1-2-3-5-8-11-10-7-4-6-9-12-10/h7-14,16,25-27H,2,5,15,17H2,1,3-4,6H3;2,4,6-7,9H,1,3,5,8H2,(H,11,12)/b8-7-;. The van der Waals surface area contributed by atoms with Gasteiger partial charge in [-0.25, -0.2) is 4.98 Å². The Balaban J connectivity index is 0.000000370. The highest BCUT2D eigenvalue weighted by Gasteiger charge is 2.12. The maximum Gasteiger partial charge on any atom is 0.125 e. The van der Waals surface area contributed by atoms with Gasteiger partial charge >= 0.3 is 0 Å². The first-order chi connectivity index (χ1) is 18.9. The van der Waals surface area contributed by atoms with Gasteiger partial charge in [0.25, 0.3) is 0 Å². The summed E-state index contributed by atoms with van der Waals surface area (Å²) in [5.74, 6) is 0.946. The van der Waals surface area contributed by atoms with E-state index in [4.69, 9.17) is 0 Å². The minimum Gasteiger partial charge on any atom is -0.381 e. The molecule has 0 bridgehead atoms. The van der Waals surface area contributed by atoms with Crippen molar-refractivity contribution in [1.29, 1.82) is 0 Å². The normalized spacial score (nSPS) is 11.3. The Morgan fingerprint density at radius 2 is 1.77 bits per heavy atom. The summed E-state index contributed by atoms with van der Waals surface area (Å²) < 4.78 is 0. The predicted octanol–water partition coefficient (Wildman–Crippen LogP) is 8.48. The molecule has 0 spiro atoms. The lowest BCUT2D eigenvalue weighted by molar-refractivity contribution is 0.578. The summed E-state index contributed by atoms with van der Waals surface area (Å²) >= 11 is 0. The zero-order chi connectivity index (χ0) is 28.5. The molecule has 0 saturated heterocycles. The van der Waals surface area contributed by atoms with Gasteiger partial charge in [-0.15, -0.1) is 13.2 Å². The Morgan fingerprint density at radius 1 is 1.03 bits per heavy atom. The molecular weight excluding hydrogens is 476 g/mol. The van der Waals surface area contributed by atoms with Crippen LogP contribution in [-0.2, 0) is 0 Å². The van der Waals surface area contributed by atoms with E-state index in [0.29, 0.717) is 0 Å². The van der Waals surface area contributed by atoms with Gasteiger partial charge in [0, 0.05) is 25.0 Å². The SMILES string of the molecule is C=C(C)CC(NC(=C)CNC)c1ccc(-c2ccc(/C=C\C)c(C)c2)cc1.C=CCCCNc1ccccn1. The molecule has 1 atom stereocenters. The second-order valence-electron chi connectivity index (χ2n) is 9.76. The van der Waals surface area contributed by atoms with Crippen LogP contribution in [0.5, 0.6) is 0 Å². The van der Waals surface area contributed by atoms with Gasteiger partial charge in [0.2, 0.25) is 0 Å². The first-order valence-electron chi connectivity index (χ1n) is 13.7. The van der Waals surface area contributed by atoms with Crippen molar-refractivity contribution >= 4 is 11.9 Å². The van der Waals surface area contributed by atoms with Crippen LogP contribution in [0.25, 0.3) is 17.2 Å². The van der Waals surface area contributed by atoms with Crippen LogP contribution >= 0.6 is 0 Å². The molecular formula is C35H46N4. The second kappa shape index (κ2) is 17.6. The lowest BCUT2D eigenvalue weighted by Gasteiger charge is -2.22. The number of unbranched alkanes of at least 4 members (excludes halogenated alkanes) is 1. The van der Waals surface area contributed by atoms with Crippen LogP contribution in [-0.4, -0.2) is 25.1 Å². The molecule has 0 aliphatic carbocycles. The Morgan fingerprint density at radius 3 is 2.36 bits per heavy atom. The summed E-state index contributed by atoms with van der Waals surface area (Å²) in [5.41, 5.74) is 8.44. The van der Waals surface area contributed by atoms with Gasteiger partial charge in [-0.3, -0.25) is 0 Å². The number of nitrogens with zero attached hydrogens (tertiary/aromatic N) is 1. The third-order valence-corrected chi connectivity index (χ3v) is 6.14. The number of hydrogen-bond donors (Lipinski definition) is 3. The van der Waals surface area contributed by atoms with Gasteiger partial charge < -0.3 is 16.0 Å². The van der Waals surface area contributed by atoms with Crippen molar-refractivity contribution in [2.24, 2.45) is 0 Å². The highest BCUT2D eigenvalue weighted by Crippen LogP contribution is 2.27. The van der Waals surface area contributed by atoms with Crippen LogP contribution in [0.4, 0.5) is 5.82 Å². The fourth-order valence-corrected chi connectivity index (χ4v) is 4.17. The Kier molecular flexibility index (Phi) is 14.1. The van der Waals surface area contributed by atoms with Crippen molar-refractivity contribution < 1.29 is 0 Å². The molecule has 4 nitrogen and oxygen atoms in total. The predicted molar refractivity (Wildman–Crippen MR) is 172 cm³/mol. The number of aromatic nitrogens is 1. The van der Waals surface area contributed by atoms with Gasteiger partial charge in [-0.05, 0) is 87.0 Å². The average molecular weight is 523 g/mol. The minimum atomic E-state index is 0.191. The number of allylic oxidation sites excluding steroid dienone is 2. The molecule has 0 fully saturated rings. The van der Waals surface area contributed by atoms with E-state index in [1.54, 1.807) is 6.20 Å². The first kappa shape index (κ1) is 31.3. The molecule has 0 radical (unpaired) electrons. The molecule has 39 heavy (non-hydrogen) atoms. The van der Waals surface area contributed by atoms with Gasteiger partial charge in [0.1, 0.15) is 5.82 Å². The van der Waals surface area contributed by atoms with E-state index in [-0.39, 0.29) is 6.04 Å². The van der Waals surface area contributed by atoms with Crippen molar-refractivity contribution in [2.75, 3.05) is 25.5 Å². The molecule has 1 heterocycles. The Hall–Kier alpha value is -3.89. The highest BCUT2D eigenvalue weighted by atomic mass is 15.0. The molecule has 0 aliphatic heterocycles. The lowest BCUT2D eigenvalue weighted by atomic mass is 9.95. The maximum absolute atomic E-state index is 4.14. The number of nitrogens with one attached hydrogen (secondary N) is 3. The minimum absolute atomic E-state index is 0.191. The summed E-state index contributed by atoms with van der Waals surface area (Å²) in [5, 5.41) is 9.89. The quantitative estimate of drug-likeness (QED) is 0.147. The zero-order valence-electron chi connectivity index (χ0n) is 24.3. The number of anilines is 1. The summed E-state index contributed by atoms with van der Waals surface area (Å²) in [7, 11) is 1.93. The van der Waals surface area contributed by atoms with E-state index in [0.717, 1.165) is 49.4 Å². The second-order valence-corrected chi connectivity index (χ2v) is 9.76. The first-order valence-corrected chi connectivity index (χ1v) is 13.7. The van der Waals surface area contributed by atoms with Crippen molar-refractivity contribution in [3.8, 4) is 11.1 Å². The van der Waals surface area contributed by atoms with E-state index < -0.39 is 0 Å². The van der Waals surface area contributed by atoms with E-state index >= 15 is 0 Å². The largest absolute Gasteiger partial charge is 0.381 e. The summed E-state index contributed by atoms with van der Waals surface area (Å²) in [6.45, 7) is 19.8. The molecule has 4 heteroatoms. The van der Waals surface area contributed by atoms with E-state index in [2.05, 4.69) is 109 Å². The summed E-state index contributed by atoms with van der Waals surface area (Å²) in [6.07, 6.45) is 11.0. The average Bonchev–Trinajstić information content (AvgIpc) is 2.93. The molecule has 0 aliphatic rings. The van der Waals surface area contributed by atoms with Crippen LogP contribution in [0.15, 0.2) is 110 Å². The van der Waals surface area contributed by atoms with Crippen molar-refractivity contribution in [1.82, 2.24) is 15.6 Å². The highest BCUT2D eigenvalue weighted by molar-refractivity contribution is 5.68. The molecule has 0 amide bonds. The number of benzene rings is 2. The van der Waals surface area contributed by atoms with Gasteiger partial charge in [-0.1, -0.05) is 78.9 Å². The topological polar surface area (TPSA) is 49.0 Å². The molecule has 1 unspecified atom stereocenters. The molecule has 0 saturated carbocycles. The van der Waals surface area contributed by atoms with Crippen molar-refractivity contribution in [3.63, 3.8) is 0 Å². The van der Waals surface area contributed by atoms with Gasteiger partial charge in [-0.2, -0.15) is 0 Å². The monoisotopic (exact) mass is 522 g/mol. The molecule has 1 aromatic heterocycles.